The van der Waals surface area contributed by atoms with Gasteiger partial charge in [0.2, 0.25) is 0 Å². The van der Waals surface area contributed by atoms with Gasteiger partial charge in [0.15, 0.2) is 5.96 Å². The fraction of sp³-hybridized carbons (Fsp3) is 0.944. The molecule has 0 radical (unpaired) electrons. The van der Waals surface area contributed by atoms with Crippen LogP contribution in [0.2, 0.25) is 0 Å². The van der Waals surface area contributed by atoms with Gasteiger partial charge in [-0.1, -0.05) is 0 Å². The Morgan fingerprint density at radius 3 is 2.76 bits per heavy atom. The van der Waals surface area contributed by atoms with Crippen LogP contribution in [0.1, 0.15) is 39.0 Å². The zero-order chi connectivity index (χ0) is 17.2. The average Bonchev–Trinajstić information content (AvgIpc) is 2.93. The van der Waals surface area contributed by atoms with Gasteiger partial charge in [-0.05, 0) is 72.0 Å². The first-order chi connectivity index (χ1) is 11.7. The quantitative estimate of drug-likeness (QED) is 0.252. The second-order valence-electron chi connectivity index (χ2n) is 7.12. The molecular formula is C18H38IN5S. The maximum absolute atomic E-state index is 4.80. The SMILES string of the molecule is CCNC(=NCCCN1CCCN(C)CC1)NC1CCC(SC)C1.I. The summed E-state index contributed by atoms with van der Waals surface area (Å²) in [5.41, 5.74) is 0. The summed E-state index contributed by atoms with van der Waals surface area (Å²) in [7, 11) is 2.23. The Morgan fingerprint density at radius 2 is 2.04 bits per heavy atom. The highest BCUT2D eigenvalue weighted by molar-refractivity contribution is 14.0. The number of guanidine groups is 1. The smallest absolute Gasteiger partial charge is 0.191 e. The fourth-order valence-electron chi connectivity index (χ4n) is 3.61. The highest BCUT2D eigenvalue weighted by Crippen LogP contribution is 2.27. The number of hydrogen-bond donors (Lipinski definition) is 2. The maximum Gasteiger partial charge on any atom is 0.191 e. The van der Waals surface area contributed by atoms with Crippen LogP contribution in [-0.4, -0.2) is 86.2 Å². The molecule has 25 heavy (non-hydrogen) atoms. The monoisotopic (exact) mass is 483 g/mol. The van der Waals surface area contributed by atoms with Crippen molar-refractivity contribution in [3.05, 3.63) is 0 Å². The third-order valence-electron chi connectivity index (χ3n) is 5.12. The first-order valence-corrected chi connectivity index (χ1v) is 11.0. The Labute approximate surface area is 176 Å². The van der Waals surface area contributed by atoms with E-state index < -0.39 is 0 Å². The minimum Gasteiger partial charge on any atom is -0.357 e. The third kappa shape index (κ3) is 9.15. The van der Waals surface area contributed by atoms with Gasteiger partial charge in [0, 0.05) is 37.5 Å². The predicted molar refractivity (Wildman–Crippen MR) is 123 cm³/mol. The second kappa shape index (κ2) is 13.4. The van der Waals surface area contributed by atoms with Crippen molar-refractivity contribution in [2.45, 2.75) is 50.3 Å². The Hall–Kier alpha value is 0.270. The van der Waals surface area contributed by atoms with Crippen LogP contribution in [0.25, 0.3) is 0 Å². The fourth-order valence-corrected chi connectivity index (χ4v) is 4.40. The molecule has 1 saturated heterocycles. The normalized spacial score (nSPS) is 26.1. The summed E-state index contributed by atoms with van der Waals surface area (Å²) in [6.07, 6.45) is 8.55. The molecule has 0 bridgehead atoms. The first-order valence-electron chi connectivity index (χ1n) is 9.69. The zero-order valence-electron chi connectivity index (χ0n) is 16.3. The van der Waals surface area contributed by atoms with Crippen molar-refractivity contribution in [2.24, 2.45) is 4.99 Å². The van der Waals surface area contributed by atoms with E-state index in [2.05, 4.69) is 40.7 Å². The molecule has 1 heterocycles. The molecule has 148 valence electrons. The van der Waals surface area contributed by atoms with E-state index in [-0.39, 0.29) is 24.0 Å². The lowest BCUT2D eigenvalue weighted by atomic mass is 10.2. The van der Waals surface area contributed by atoms with Crippen LogP contribution in [-0.2, 0) is 0 Å². The summed E-state index contributed by atoms with van der Waals surface area (Å²) in [5.74, 6) is 1.01. The Balaban J connectivity index is 0.00000312. The summed E-state index contributed by atoms with van der Waals surface area (Å²) in [4.78, 5) is 9.84. The van der Waals surface area contributed by atoms with Gasteiger partial charge in [-0.25, -0.2) is 0 Å². The minimum atomic E-state index is 0. The summed E-state index contributed by atoms with van der Waals surface area (Å²) < 4.78 is 0. The molecule has 2 fully saturated rings. The van der Waals surface area contributed by atoms with Crippen LogP contribution in [0.4, 0.5) is 0 Å². The van der Waals surface area contributed by atoms with Crippen molar-refractivity contribution in [3.8, 4) is 0 Å². The molecule has 1 aliphatic carbocycles. The van der Waals surface area contributed by atoms with Crippen LogP contribution in [0.5, 0.6) is 0 Å². The highest BCUT2D eigenvalue weighted by atomic mass is 127. The average molecular weight is 484 g/mol. The van der Waals surface area contributed by atoms with Crippen molar-refractivity contribution < 1.29 is 0 Å². The van der Waals surface area contributed by atoms with E-state index in [0.29, 0.717) is 6.04 Å². The highest BCUT2D eigenvalue weighted by Gasteiger charge is 2.24. The van der Waals surface area contributed by atoms with E-state index >= 15 is 0 Å². The number of likely N-dealkylation sites (N-methyl/N-ethyl adjacent to an activating group) is 1. The molecule has 5 nitrogen and oxygen atoms in total. The number of thioether (sulfide) groups is 1. The Bertz CT molecular complexity index is 382. The number of halogens is 1. The Morgan fingerprint density at radius 1 is 1.20 bits per heavy atom. The van der Waals surface area contributed by atoms with Crippen LogP contribution < -0.4 is 10.6 Å². The number of aliphatic imine (C=N–C) groups is 1. The van der Waals surface area contributed by atoms with Gasteiger partial charge < -0.3 is 20.4 Å². The van der Waals surface area contributed by atoms with Gasteiger partial charge in [-0.3, -0.25) is 4.99 Å². The lowest BCUT2D eigenvalue weighted by Gasteiger charge is -2.20. The molecule has 1 aliphatic heterocycles. The van der Waals surface area contributed by atoms with Crippen molar-refractivity contribution >= 4 is 41.7 Å². The van der Waals surface area contributed by atoms with Gasteiger partial charge in [0.1, 0.15) is 0 Å². The van der Waals surface area contributed by atoms with E-state index in [1.54, 1.807) is 0 Å². The molecule has 0 spiro atoms. The predicted octanol–water partition coefficient (Wildman–Crippen LogP) is 2.47. The first kappa shape index (κ1) is 23.3. The lowest BCUT2D eigenvalue weighted by molar-refractivity contribution is 0.275. The molecule has 2 atom stereocenters. The molecule has 2 unspecified atom stereocenters. The molecule has 7 heteroatoms. The lowest BCUT2D eigenvalue weighted by Crippen LogP contribution is -2.42. The van der Waals surface area contributed by atoms with Crippen molar-refractivity contribution in [2.75, 3.05) is 59.1 Å². The van der Waals surface area contributed by atoms with Crippen molar-refractivity contribution in [3.63, 3.8) is 0 Å². The molecule has 1 saturated carbocycles. The molecule has 0 aromatic heterocycles. The van der Waals surface area contributed by atoms with Crippen molar-refractivity contribution in [1.29, 1.82) is 0 Å². The molecule has 2 rings (SSSR count). The molecule has 2 N–H and O–H groups in total. The molecular weight excluding hydrogens is 445 g/mol. The largest absolute Gasteiger partial charge is 0.357 e. The van der Waals surface area contributed by atoms with E-state index in [0.717, 1.165) is 30.7 Å². The molecule has 0 aromatic carbocycles. The van der Waals surface area contributed by atoms with E-state index in [4.69, 9.17) is 4.99 Å². The zero-order valence-corrected chi connectivity index (χ0v) is 19.4. The van der Waals surface area contributed by atoms with E-state index in [9.17, 15) is 0 Å². The van der Waals surface area contributed by atoms with E-state index in [1.807, 2.05) is 11.8 Å². The van der Waals surface area contributed by atoms with Gasteiger partial charge in [-0.2, -0.15) is 11.8 Å². The third-order valence-corrected chi connectivity index (χ3v) is 6.21. The summed E-state index contributed by atoms with van der Waals surface area (Å²) in [6.45, 7) is 10.1. The summed E-state index contributed by atoms with van der Waals surface area (Å²) >= 11 is 2.01. The number of rotatable bonds is 7. The molecule has 2 aliphatic rings. The van der Waals surface area contributed by atoms with Gasteiger partial charge in [0.25, 0.3) is 0 Å². The van der Waals surface area contributed by atoms with Gasteiger partial charge in [-0.15, -0.1) is 24.0 Å². The number of hydrogen-bond acceptors (Lipinski definition) is 4. The number of nitrogens with zero attached hydrogens (tertiary/aromatic N) is 3. The van der Waals surface area contributed by atoms with Crippen LogP contribution in [0.15, 0.2) is 4.99 Å². The van der Waals surface area contributed by atoms with Gasteiger partial charge in [0.05, 0.1) is 0 Å². The molecule has 0 aromatic rings. The summed E-state index contributed by atoms with van der Waals surface area (Å²) in [6, 6.07) is 0.599. The minimum absolute atomic E-state index is 0. The van der Waals surface area contributed by atoms with E-state index in [1.165, 1.54) is 58.4 Å². The number of nitrogens with one attached hydrogen (secondary N) is 2. The van der Waals surface area contributed by atoms with Crippen LogP contribution in [0, 0.1) is 0 Å². The topological polar surface area (TPSA) is 42.9 Å². The second-order valence-corrected chi connectivity index (χ2v) is 8.26. The standard InChI is InChI=1S/C18H37N5S.HI/c1-4-19-18(21-16-7-8-17(15-16)24-3)20-9-5-11-23-12-6-10-22(2)13-14-23;/h16-17H,4-15H2,1-3H3,(H2,19,20,21);1H. The van der Waals surface area contributed by atoms with Crippen molar-refractivity contribution in [1.82, 2.24) is 20.4 Å². The van der Waals surface area contributed by atoms with Crippen LogP contribution >= 0.6 is 35.7 Å². The van der Waals surface area contributed by atoms with Gasteiger partial charge >= 0.3 is 0 Å². The van der Waals surface area contributed by atoms with Crippen LogP contribution in [0.3, 0.4) is 0 Å². The Kier molecular flexibility index (Phi) is 12.5. The molecule has 0 amide bonds. The summed E-state index contributed by atoms with van der Waals surface area (Å²) in [5, 5.41) is 7.87. The maximum atomic E-state index is 4.80.